The van der Waals surface area contributed by atoms with Crippen LogP contribution in [0.4, 0.5) is 26.3 Å². The van der Waals surface area contributed by atoms with Gasteiger partial charge in [0.2, 0.25) is 0 Å². The summed E-state index contributed by atoms with van der Waals surface area (Å²) in [6, 6.07) is 0. The SMILES string of the molecule is OC1=CC2=C(CCCC2)[C@@H](SCC2=CC(C(F)(F)F)=CC(C(F)(F)F)C2)N1. The molecule has 0 saturated carbocycles. The maximum atomic E-state index is 13.0. The monoisotopic (exact) mass is 411 g/mol. The molecule has 0 spiro atoms. The second-order valence-electron chi connectivity index (χ2n) is 6.90. The van der Waals surface area contributed by atoms with Crippen LogP contribution in [0.3, 0.4) is 0 Å². The van der Waals surface area contributed by atoms with Crippen LogP contribution in [0.15, 0.2) is 46.4 Å². The molecule has 9 heteroatoms. The molecule has 3 aliphatic rings. The maximum absolute atomic E-state index is 13.0. The molecule has 2 nitrogen and oxygen atoms in total. The summed E-state index contributed by atoms with van der Waals surface area (Å²) in [5.41, 5.74) is 0.936. The Morgan fingerprint density at radius 2 is 1.78 bits per heavy atom. The Kier molecular flexibility index (Phi) is 5.61. The molecular weight excluding hydrogens is 392 g/mol. The van der Waals surface area contributed by atoms with E-state index in [4.69, 9.17) is 0 Å². The first-order valence-electron chi connectivity index (χ1n) is 8.60. The Morgan fingerprint density at radius 3 is 2.44 bits per heavy atom. The molecule has 27 heavy (non-hydrogen) atoms. The van der Waals surface area contributed by atoms with Gasteiger partial charge in [0.05, 0.1) is 16.9 Å². The van der Waals surface area contributed by atoms with Gasteiger partial charge in [0.25, 0.3) is 0 Å². The summed E-state index contributed by atoms with van der Waals surface area (Å²) in [5, 5.41) is 12.4. The Morgan fingerprint density at radius 1 is 1.07 bits per heavy atom. The smallest absolute Gasteiger partial charge is 0.416 e. The number of thioether (sulfide) groups is 1. The van der Waals surface area contributed by atoms with Crippen molar-refractivity contribution in [1.82, 2.24) is 5.32 Å². The number of allylic oxidation sites excluding steroid dienone is 5. The molecule has 1 aliphatic heterocycles. The molecule has 2 N–H and O–H groups in total. The molecule has 150 valence electrons. The van der Waals surface area contributed by atoms with Gasteiger partial charge in [-0.2, -0.15) is 26.3 Å². The zero-order valence-corrected chi connectivity index (χ0v) is 15.1. The van der Waals surface area contributed by atoms with Crippen molar-refractivity contribution < 1.29 is 31.4 Å². The van der Waals surface area contributed by atoms with Gasteiger partial charge in [0.15, 0.2) is 5.88 Å². The lowest BCUT2D eigenvalue weighted by Crippen LogP contribution is -2.33. The van der Waals surface area contributed by atoms with Crippen LogP contribution < -0.4 is 5.32 Å². The standard InChI is InChI=1S/C18H19F6NOS/c19-17(20,21)12-5-10(6-13(8-12)18(22,23)24)9-27-16-14-4-2-1-3-11(14)7-15(26)25-16/h5,7-8,13,16,25-26H,1-4,6,9H2/t13?,16-/m1/s1. The highest BCUT2D eigenvalue weighted by Gasteiger charge is 2.44. The van der Waals surface area contributed by atoms with E-state index in [1.54, 1.807) is 6.08 Å². The molecule has 0 bridgehead atoms. The average Bonchev–Trinajstić information content (AvgIpc) is 2.57. The minimum Gasteiger partial charge on any atom is -0.495 e. The first-order chi connectivity index (χ1) is 12.5. The van der Waals surface area contributed by atoms with E-state index in [-0.39, 0.29) is 28.7 Å². The van der Waals surface area contributed by atoms with Gasteiger partial charge in [0.1, 0.15) is 0 Å². The lowest BCUT2D eigenvalue weighted by Gasteiger charge is -2.31. The van der Waals surface area contributed by atoms with E-state index in [0.717, 1.165) is 42.9 Å². The fourth-order valence-corrected chi connectivity index (χ4v) is 4.81. The number of hydrogen-bond donors (Lipinski definition) is 2. The fourth-order valence-electron chi connectivity index (χ4n) is 3.55. The van der Waals surface area contributed by atoms with Gasteiger partial charge in [0, 0.05) is 11.8 Å². The van der Waals surface area contributed by atoms with E-state index in [0.29, 0.717) is 0 Å². The third-order valence-electron chi connectivity index (χ3n) is 4.87. The maximum Gasteiger partial charge on any atom is 0.416 e. The number of aliphatic hydroxyl groups is 1. The molecule has 2 aliphatic carbocycles. The second kappa shape index (κ2) is 7.48. The fraction of sp³-hybridized carbons (Fsp3) is 0.556. The van der Waals surface area contributed by atoms with E-state index >= 15 is 0 Å². The number of hydrogen-bond acceptors (Lipinski definition) is 3. The van der Waals surface area contributed by atoms with Gasteiger partial charge < -0.3 is 10.4 Å². The summed E-state index contributed by atoms with van der Waals surface area (Å²) in [6.07, 6.45) is -3.67. The van der Waals surface area contributed by atoms with Crippen molar-refractivity contribution in [2.24, 2.45) is 5.92 Å². The quantitative estimate of drug-likeness (QED) is 0.566. The minimum atomic E-state index is -4.82. The van der Waals surface area contributed by atoms with Crippen molar-refractivity contribution in [2.75, 3.05) is 5.75 Å². The minimum absolute atomic E-state index is 0.0187. The molecule has 0 aromatic carbocycles. The van der Waals surface area contributed by atoms with E-state index in [1.165, 1.54) is 11.8 Å². The second-order valence-corrected chi connectivity index (χ2v) is 7.99. The van der Waals surface area contributed by atoms with Crippen LogP contribution in [-0.2, 0) is 0 Å². The molecule has 3 rings (SSSR count). The van der Waals surface area contributed by atoms with Crippen molar-refractivity contribution in [3.63, 3.8) is 0 Å². The Labute approximate surface area is 157 Å². The summed E-state index contributed by atoms with van der Waals surface area (Å²) in [6.45, 7) is 0. The first kappa shape index (κ1) is 20.2. The van der Waals surface area contributed by atoms with Crippen LogP contribution in [0.1, 0.15) is 32.1 Å². The van der Waals surface area contributed by atoms with Gasteiger partial charge in [-0.1, -0.05) is 17.7 Å². The molecule has 0 aromatic rings. The predicted octanol–water partition coefficient (Wildman–Crippen LogP) is 5.92. The van der Waals surface area contributed by atoms with E-state index < -0.39 is 30.3 Å². The van der Waals surface area contributed by atoms with Crippen LogP contribution in [0.25, 0.3) is 0 Å². The molecule has 0 aromatic heterocycles. The Hall–Kier alpha value is -1.51. The van der Waals surface area contributed by atoms with Crippen molar-refractivity contribution in [1.29, 1.82) is 0 Å². The zero-order chi connectivity index (χ0) is 19.8. The van der Waals surface area contributed by atoms with Crippen LogP contribution in [0.5, 0.6) is 0 Å². The lowest BCUT2D eigenvalue weighted by molar-refractivity contribution is -0.162. The largest absolute Gasteiger partial charge is 0.495 e. The van der Waals surface area contributed by atoms with E-state index in [2.05, 4.69) is 5.32 Å². The van der Waals surface area contributed by atoms with Gasteiger partial charge in [-0.15, -0.1) is 11.8 Å². The van der Waals surface area contributed by atoms with Crippen LogP contribution in [-0.4, -0.2) is 28.6 Å². The predicted molar refractivity (Wildman–Crippen MR) is 92.0 cm³/mol. The summed E-state index contributed by atoms with van der Waals surface area (Å²) in [7, 11) is 0. The summed E-state index contributed by atoms with van der Waals surface area (Å²) < 4.78 is 78.1. The zero-order valence-electron chi connectivity index (χ0n) is 14.3. The van der Waals surface area contributed by atoms with Crippen LogP contribution >= 0.6 is 11.8 Å². The highest BCUT2D eigenvalue weighted by molar-refractivity contribution is 8.00. The van der Waals surface area contributed by atoms with Gasteiger partial charge in [-0.25, -0.2) is 0 Å². The molecule has 0 radical (unpaired) electrons. The van der Waals surface area contributed by atoms with Crippen LogP contribution in [0.2, 0.25) is 0 Å². The molecule has 1 heterocycles. The number of dihydropyridines is 1. The van der Waals surface area contributed by atoms with Gasteiger partial charge >= 0.3 is 12.4 Å². The Bertz CT molecular complexity index is 716. The Balaban J connectivity index is 1.75. The summed E-state index contributed by atoms with van der Waals surface area (Å²) in [5.74, 6) is -2.12. The molecule has 1 unspecified atom stereocenters. The van der Waals surface area contributed by atoms with Crippen molar-refractivity contribution in [2.45, 2.75) is 49.8 Å². The number of alkyl halides is 6. The molecule has 0 fully saturated rings. The number of aliphatic hydroxyl groups excluding tert-OH is 1. The summed E-state index contributed by atoms with van der Waals surface area (Å²) >= 11 is 1.22. The number of halogens is 6. The van der Waals surface area contributed by atoms with Gasteiger partial charge in [-0.3, -0.25) is 0 Å². The molecule has 0 amide bonds. The number of rotatable bonds is 3. The molecule has 0 saturated heterocycles. The highest BCUT2D eigenvalue weighted by atomic mass is 32.2. The van der Waals surface area contributed by atoms with E-state index in [1.807, 2.05) is 0 Å². The molecular formula is C18H19F6NOS. The van der Waals surface area contributed by atoms with Crippen molar-refractivity contribution in [3.8, 4) is 0 Å². The third-order valence-corrected chi connectivity index (χ3v) is 6.14. The lowest BCUT2D eigenvalue weighted by atomic mass is 9.90. The van der Waals surface area contributed by atoms with Crippen LogP contribution in [0, 0.1) is 5.92 Å². The first-order valence-corrected chi connectivity index (χ1v) is 9.65. The molecule has 2 atom stereocenters. The number of nitrogens with one attached hydrogen (secondary N) is 1. The normalized spacial score (nSPS) is 26.7. The topological polar surface area (TPSA) is 32.3 Å². The third kappa shape index (κ3) is 4.86. The summed E-state index contributed by atoms with van der Waals surface area (Å²) in [4.78, 5) is 0. The highest BCUT2D eigenvalue weighted by Crippen LogP contribution is 2.42. The van der Waals surface area contributed by atoms with Gasteiger partial charge in [-0.05, 0) is 43.3 Å². The average molecular weight is 411 g/mol. The van der Waals surface area contributed by atoms with Crippen molar-refractivity contribution in [3.05, 3.63) is 46.4 Å². The van der Waals surface area contributed by atoms with E-state index in [9.17, 15) is 31.4 Å². The van der Waals surface area contributed by atoms with Crippen molar-refractivity contribution >= 4 is 11.8 Å².